The molecule has 0 atom stereocenters. The van der Waals surface area contributed by atoms with E-state index in [1.807, 2.05) is 63.2 Å². The zero-order valence-electron chi connectivity index (χ0n) is 16.0. The van der Waals surface area contributed by atoms with Gasteiger partial charge in [0, 0.05) is 55.9 Å². The first kappa shape index (κ1) is 18.2. The second-order valence-corrected chi connectivity index (χ2v) is 7.14. The number of amides is 1. The smallest absolute Gasteiger partial charge is 0.227 e. The maximum atomic E-state index is 12.6. The predicted molar refractivity (Wildman–Crippen MR) is 106 cm³/mol. The molecule has 2 aromatic rings. The Labute approximate surface area is 155 Å². The van der Waals surface area contributed by atoms with Crippen LogP contribution in [0.3, 0.4) is 0 Å². The van der Waals surface area contributed by atoms with Crippen molar-refractivity contribution in [1.29, 1.82) is 0 Å². The molecule has 1 saturated heterocycles. The Morgan fingerprint density at radius 3 is 2.19 bits per heavy atom. The van der Waals surface area contributed by atoms with E-state index in [-0.39, 0.29) is 11.8 Å². The Bertz CT molecular complexity index is 744. The molecule has 2 heterocycles. The molecule has 0 saturated carbocycles. The van der Waals surface area contributed by atoms with Crippen LogP contribution in [0.5, 0.6) is 0 Å². The highest BCUT2D eigenvalue weighted by Gasteiger charge is 2.26. The summed E-state index contributed by atoms with van der Waals surface area (Å²) in [5.74, 6) is 0.912. The van der Waals surface area contributed by atoms with E-state index in [1.165, 1.54) is 0 Å². The molecule has 1 fully saturated rings. The summed E-state index contributed by atoms with van der Waals surface area (Å²) in [6.45, 7) is 5.58. The van der Waals surface area contributed by atoms with Crippen LogP contribution in [0.2, 0.25) is 0 Å². The van der Waals surface area contributed by atoms with Crippen LogP contribution in [0.25, 0.3) is 0 Å². The van der Waals surface area contributed by atoms with Crippen LogP contribution in [-0.2, 0) is 4.79 Å². The van der Waals surface area contributed by atoms with Crippen molar-refractivity contribution in [3.8, 4) is 0 Å². The number of hydrogen-bond acceptors (Lipinski definition) is 5. The van der Waals surface area contributed by atoms with E-state index in [1.54, 1.807) is 0 Å². The first-order chi connectivity index (χ1) is 12.4. The average Bonchev–Trinajstić information content (AvgIpc) is 2.61. The van der Waals surface area contributed by atoms with Crippen LogP contribution in [-0.4, -0.2) is 43.1 Å². The summed E-state index contributed by atoms with van der Waals surface area (Å²) in [6, 6.07) is 9.90. The minimum absolute atomic E-state index is 0.0330. The highest BCUT2D eigenvalue weighted by Crippen LogP contribution is 2.23. The van der Waals surface area contributed by atoms with Crippen molar-refractivity contribution in [2.24, 2.45) is 5.92 Å². The summed E-state index contributed by atoms with van der Waals surface area (Å²) in [6.07, 6.45) is 1.63. The van der Waals surface area contributed by atoms with Gasteiger partial charge in [0.1, 0.15) is 0 Å². The Kier molecular flexibility index (Phi) is 5.40. The Morgan fingerprint density at radius 1 is 1.08 bits per heavy atom. The average molecular weight is 353 g/mol. The van der Waals surface area contributed by atoms with Crippen LogP contribution in [0.4, 0.5) is 17.3 Å². The van der Waals surface area contributed by atoms with Gasteiger partial charge < -0.3 is 15.1 Å². The Morgan fingerprint density at radius 2 is 1.65 bits per heavy atom. The number of carbonyl (C=O) groups is 1. The Hall–Kier alpha value is -2.63. The van der Waals surface area contributed by atoms with Crippen molar-refractivity contribution in [2.45, 2.75) is 26.7 Å². The molecule has 1 aromatic carbocycles. The molecule has 6 heteroatoms. The number of nitrogens with zero attached hydrogens (tertiary/aromatic N) is 4. The van der Waals surface area contributed by atoms with Crippen molar-refractivity contribution >= 4 is 23.2 Å². The van der Waals surface area contributed by atoms with Crippen LogP contribution in [0.15, 0.2) is 30.3 Å². The predicted octanol–water partition coefficient (Wildman–Crippen LogP) is 3.01. The van der Waals surface area contributed by atoms with Crippen molar-refractivity contribution < 1.29 is 4.79 Å². The summed E-state index contributed by atoms with van der Waals surface area (Å²) in [7, 11) is 4.00. The molecule has 6 nitrogen and oxygen atoms in total. The molecular weight excluding hydrogens is 326 g/mol. The van der Waals surface area contributed by atoms with Crippen molar-refractivity contribution in [3.63, 3.8) is 0 Å². The number of piperidine rings is 1. The topological polar surface area (TPSA) is 61.4 Å². The summed E-state index contributed by atoms with van der Waals surface area (Å²) in [5, 5.41) is 3.04. The quantitative estimate of drug-likeness (QED) is 0.915. The number of hydrogen-bond donors (Lipinski definition) is 1. The first-order valence-corrected chi connectivity index (χ1v) is 9.08. The van der Waals surface area contributed by atoms with E-state index in [0.717, 1.165) is 54.6 Å². The molecule has 3 rings (SSSR count). The number of aryl methyl sites for hydroxylation is 2. The second-order valence-electron chi connectivity index (χ2n) is 7.14. The molecule has 1 N–H and O–H groups in total. The van der Waals surface area contributed by atoms with Gasteiger partial charge in [-0.15, -0.1) is 0 Å². The first-order valence-electron chi connectivity index (χ1n) is 9.08. The molecule has 1 amide bonds. The van der Waals surface area contributed by atoms with Gasteiger partial charge in [0.05, 0.1) is 0 Å². The lowest BCUT2D eigenvalue weighted by Crippen LogP contribution is -2.39. The van der Waals surface area contributed by atoms with Crippen LogP contribution >= 0.6 is 0 Å². The summed E-state index contributed by atoms with van der Waals surface area (Å²) < 4.78 is 0. The van der Waals surface area contributed by atoms with Gasteiger partial charge in [-0.1, -0.05) is 0 Å². The van der Waals surface area contributed by atoms with Crippen molar-refractivity contribution in [3.05, 3.63) is 41.7 Å². The van der Waals surface area contributed by atoms with E-state index in [0.29, 0.717) is 0 Å². The third-order valence-corrected chi connectivity index (χ3v) is 4.77. The molecule has 0 spiro atoms. The SMILES string of the molecule is Cc1cc(C)nc(N2CCC(C(=O)Nc3ccc(N(C)C)cc3)CC2)n1. The van der Waals surface area contributed by atoms with Gasteiger partial charge in [0.2, 0.25) is 11.9 Å². The lowest BCUT2D eigenvalue weighted by molar-refractivity contribution is -0.120. The third kappa shape index (κ3) is 4.31. The summed E-state index contributed by atoms with van der Waals surface area (Å²) in [5.41, 5.74) is 3.92. The summed E-state index contributed by atoms with van der Waals surface area (Å²) >= 11 is 0. The lowest BCUT2D eigenvalue weighted by atomic mass is 9.96. The highest BCUT2D eigenvalue weighted by molar-refractivity contribution is 5.92. The van der Waals surface area contributed by atoms with Crippen molar-refractivity contribution in [2.75, 3.05) is 42.3 Å². The minimum Gasteiger partial charge on any atom is -0.378 e. The number of benzene rings is 1. The van der Waals surface area contributed by atoms with Gasteiger partial charge in [-0.2, -0.15) is 0 Å². The van der Waals surface area contributed by atoms with Gasteiger partial charge in [0.25, 0.3) is 0 Å². The second kappa shape index (κ2) is 7.72. The van der Waals surface area contributed by atoms with Gasteiger partial charge in [-0.3, -0.25) is 4.79 Å². The number of anilines is 3. The number of aromatic nitrogens is 2. The van der Waals surface area contributed by atoms with E-state index in [4.69, 9.17) is 0 Å². The van der Waals surface area contributed by atoms with Crippen LogP contribution in [0, 0.1) is 19.8 Å². The van der Waals surface area contributed by atoms with E-state index >= 15 is 0 Å². The standard InChI is InChI=1S/C20H27N5O/c1-14-13-15(2)22-20(21-14)25-11-9-16(10-12-25)19(26)23-17-5-7-18(8-6-17)24(3)4/h5-8,13,16H,9-12H2,1-4H3,(H,23,26). The highest BCUT2D eigenvalue weighted by atomic mass is 16.1. The van der Waals surface area contributed by atoms with E-state index in [2.05, 4.69) is 20.2 Å². The lowest BCUT2D eigenvalue weighted by Gasteiger charge is -2.31. The molecule has 0 bridgehead atoms. The number of nitrogens with one attached hydrogen (secondary N) is 1. The van der Waals surface area contributed by atoms with Crippen molar-refractivity contribution in [1.82, 2.24) is 9.97 Å². The normalized spacial score (nSPS) is 15.0. The molecule has 1 aliphatic heterocycles. The minimum atomic E-state index is 0.0330. The molecule has 138 valence electrons. The zero-order chi connectivity index (χ0) is 18.7. The number of carbonyl (C=O) groups excluding carboxylic acids is 1. The maximum Gasteiger partial charge on any atom is 0.227 e. The van der Waals surface area contributed by atoms with Gasteiger partial charge >= 0.3 is 0 Å². The zero-order valence-corrected chi connectivity index (χ0v) is 16.0. The van der Waals surface area contributed by atoms with Gasteiger partial charge in [-0.25, -0.2) is 9.97 Å². The molecular formula is C20H27N5O. The fourth-order valence-corrected chi connectivity index (χ4v) is 3.28. The van der Waals surface area contributed by atoms with Gasteiger partial charge in [0.15, 0.2) is 0 Å². The molecule has 0 radical (unpaired) electrons. The van der Waals surface area contributed by atoms with E-state index in [9.17, 15) is 4.79 Å². The molecule has 0 aliphatic carbocycles. The molecule has 0 unspecified atom stereocenters. The molecule has 1 aliphatic rings. The number of rotatable bonds is 4. The van der Waals surface area contributed by atoms with E-state index < -0.39 is 0 Å². The molecule has 1 aromatic heterocycles. The maximum absolute atomic E-state index is 12.6. The summed E-state index contributed by atoms with van der Waals surface area (Å²) in [4.78, 5) is 25.8. The fraction of sp³-hybridized carbons (Fsp3) is 0.450. The third-order valence-electron chi connectivity index (χ3n) is 4.77. The monoisotopic (exact) mass is 353 g/mol. The molecule has 26 heavy (non-hydrogen) atoms. The van der Waals surface area contributed by atoms with Crippen LogP contribution < -0.4 is 15.1 Å². The van der Waals surface area contributed by atoms with Gasteiger partial charge in [-0.05, 0) is 57.0 Å². The Balaban J connectivity index is 1.56. The fourth-order valence-electron chi connectivity index (χ4n) is 3.28. The van der Waals surface area contributed by atoms with Crippen LogP contribution in [0.1, 0.15) is 24.2 Å². The largest absolute Gasteiger partial charge is 0.378 e.